The van der Waals surface area contributed by atoms with Gasteiger partial charge in [0, 0.05) is 15.7 Å². The van der Waals surface area contributed by atoms with Crippen LogP contribution in [0.2, 0.25) is 0 Å². The van der Waals surface area contributed by atoms with Crippen LogP contribution in [0.25, 0.3) is 0 Å². The van der Waals surface area contributed by atoms with Gasteiger partial charge in [0.05, 0.1) is 25.3 Å². The van der Waals surface area contributed by atoms with E-state index in [1.54, 1.807) is 26.0 Å². The Morgan fingerprint density at radius 1 is 1.43 bits per heavy atom. The van der Waals surface area contributed by atoms with Crippen LogP contribution in [0.1, 0.15) is 25.5 Å². The number of esters is 1. The van der Waals surface area contributed by atoms with Crippen molar-refractivity contribution < 1.29 is 24.2 Å². The first-order chi connectivity index (χ1) is 10.9. The number of phenolic OH excluding ortho intramolecular Hbond substituents is 1. The Labute approximate surface area is 141 Å². The number of methoxy groups -OCH3 is 1. The molecule has 0 aliphatic carbocycles. The van der Waals surface area contributed by atoms with E-state index in [9.17, 15) is 14.7 Å². The second-order valence-corrected chi connectivity index (χ2v) is 5.75. The van der Waals surface area contributed by atoms with Gasteiger partial charge in [-0.05, 0) is 26.0 Å². The van der Waals surface area contributed by atoms with Gasteiger partial charge in [0.25, 0.3) is 0 Å². The molecule has 2 amide bonds. The summed E-state index contributed by atoms with van der Waals surface area (Å²) < 4.78 is 10.8. The van der Waals surface area contributed by atoms with Crippen LogP contribution in [0.4, 0.5) is 4.79 Å². The van der Waals surface area contributed by atoms with Crippen molar-refractivity contribution in [2.75, 3.05) is 13.7 Å². The molecule has 8 heteroatoms. The summed E-state index contributed by atoms with van der Waals surface area (Å²) in [5.74, 6) is -0.499. The van der Waals surface area contributed by atoms with Crippen molar-refractivity contribution in [1.82, 2.24) is 10.6 Å². The van der Waals surface area contributed by atoms with E-state index < -0.39 is 18.0 Å². The maximum Gasteiger partial charge on any atom is 0.338 e. The fraction of sp³-hybridized carbons (Fsp3) is 0.333. The highest BCUT2D eigenvalue weighted by molar-refractivity contribution is 9.10. The Kier molecular flexibility index (Phi) is 5.15. The number of halogens is 1. The second kappa shape index (κ2) is 6.91. The minimum absolute atomic E-state index is 0.155. The van der Waals surface area contributed by atoms with Crippen molar-refractivity contribution in [3.63, 3.8) is 0 Å². The quantitative estimate of drug-likeness (QED) is 0.692. The smallest absolute Gasteiger partial charge is 0.338 e. The number of aromatic hydroxyl groups is 1. The zero-order valence-corrected chi connectivity index (χ0v) is 14.5. The molecule has 0 saturated carbocycles. The van der Waals surface area contributed by atoms with Gasteiger partial charge >= 0.3 is 12.0 Å². The Morgan fingerprint density at radius 3 is 2.74 bits per heavy atom. The molecule has 7 nitrogen and oxygen atoms in total. The zero-order chi connectivity index (χ0) is 17.1. The molecule has 0 unspecified atom stereocenters. The minimum atomic E-state index is -0.853. The fourth-order valence-electron chi connectivity index (χ4n) is 2.38. The van der Waals surface area contributed by atoms with Crippen molar-refractivity contribution in [1.29, 1.82) is 0 Å². The lowest BCUT2D eigenvalue weighted by Crippen LogP contribution is -2.45. The number of rotatable bonds is 4. The molecule has 0 aromatic heterocycles. The Morgan fingerprint density at radius 2 is 2.13 bits per heavy atom. The summed E-state index contributed by atoms with van der Waals surface area (Å²) in [5, 5.41) is 15.5. The summed E-state index contributed by atoms with van der Waals surface area (Å²) >= 11 is 3.32. The van der Waals surface area contributed by atoms with E-state index in [4.69, 9.17) is 9.47 Å². The average molecular weight is 385 g/mol. The summed E-state index contributed by atoms with van der Waals surface area (Å²) in [7, 11) is 1.42. The number of benzene rings is 1. The Hall–Kier alpha value is -2.22. The van der Waals surface area contributed by atoms with E-state index in [2.05, 4.69) is 26.6 Å². The molecule has 0 fully saturated rings. The molecular formula is C15H17BrN2O5. The number of carbonyl (C=O) groups excluding carboxylic acids is 2. The van der Waals surface area contributed by atoms with Gasteiger partial charge in [-0.15, -0.1) is 0 Å². The van der Waals surface area contributed by atoms with E-state index >= 15 is 0 Å². The first-order valence-electron chi connectivity index (χ1n) is 6.90. The number of hydrogen-bond acceptors (Lipinski definition) is 5. The van der Waals surface area contributed by atoms with Gasteiger partial charge in [0.2, 0.25) is 0 Å². The maximum absolute atomic E-state index is 12.3. The lowest BCUT2D eigenvalue weighted by atomic mass is 9.94. The van der Waals surface area contributed by atoms with Crippen LogP contribution >= 0.6 is 15.9 Å². The topological polar surface area (TPSA) is 96.9 Å². The molecule has 3 N–H and O–H groups in total. The Bertz CT molecular complexity index is 687. The third kappa shape index (κ3) is 3.42. The largest absolute Gasteiger partial charge is 0.504 e. The molecule has 1 aromatic carbocycles. The monoisotopic (exact) mass is 384 g/mol. The molecule has 1 aromatic rings. The first-order valence-corrected chi connectivity index (χ1v) is 7.70. The van der Waals surface area contributed by atoms with Crippen LogP contribution < -0.4 is 15.4 Å². The molecule has 1 aliphatic heterocycles. The van der Waals surface area contributed by atoms with Crippen molar-refractivity contribution in [3.05, 3.63) is 33.4 Å². The van der Waals surface area contributed by atoms with Gasteiger partial charge in [-0.1, -0.05) is 15.9 Å². The number of amides is 2. The number of phenols is 1. The normalized spacial score (nSPS) is 17.4. The van der Waals surface area contributed by atoms with E-state index in [0.717, 1.165) is 0 Å². The third-order valence-corrected chi connectivity index (χ3v) is 3.82. The summed E-state index contributed by atoms with van der Waals surface area (Å²) in [6.45, 7) is 3.49. The predicted octanol–water partition coefficient (Wildman–Crippen LogP) is 2.35. The highest BCUT2D eigenvalue weighted by atomic mass is 79.9. The maximum atomic E-state index is 12.3. The average Bonchev–Trinajstić information content (AvgIpc) is 2.48. The number of carbonyl (C=O) groups is 2. The number of urea groups is 1. The van der Waals surface area contributed by atoms with Gasteiger partial charge in [-0.3, -0.25) is 0 Å². The van der Waals surface area contributed by atoms with Crippen LogP contribution in [0.3, 0.4) is 0 Å². The predicted molar refractivity (Wildman–Crippen MR) is 86.1 cm³/mol. The first kappa shape index (κ1) is 17.1. The molecule has 1 aliphatic rings. The lowest BCUT2D eigenvalue weighted by Gasteiger charge is -2.28. The van der Waals surface area contributed by atoms with E-state index in [0.29, 0.717) is 15.7 Å². The van der Waals surface area contributed by atoms with E-state index in [-0.39, 0.29) is 23.7 Å². The van der Waals surface area contributed by atoms with Crippen molar-refractivity contribution in [2.45, 2.75) is 19.9 Å². The number of allylic oxidation sites excluding steroid dienone is 1. The summed E-state index contributed by atoms with van der Waals surface area (Å²) in [6, 6.07) is 1.87. The molecule has 0 radical (unpaired) electrons. The number of ether oxygens (including phenoxy) is 2. The molecule has 23 heavy (non-hydrogen) atoms. The standard InChI is InChI=1S/C15H17BrN2O5/c1-4-23-14(20)11-7(2)17-15(21)18-12(11)9-5-8(16)6-10(22-3)13(9)19/h5-6,12,19H,4H2,1-3H3,(H2,17,18,21)/t12-/m1/s1. The molecule has 0 spiro atoms. The number of nitrogens with one attached hydrogen (secondary N) is 2. The molecule has 0 saturated heterocycles. The SMILES string of the molecule is CCOC(=O)C1=C(C)NC(=O)N[C@@H]1c1cc(Br)cc(OC)c1O. The molecule has 124 valence electrons. The van der Waals surface area contributed by atoms with Crippen LogP contribution in [0, 0.1) is 0 Å². The summed E-state index contributed by atoms with van der Waals surface area (Å²) in [5.41, 5.74) is 0.922. The molecular weight excluding hydrogens is 368 g/mol. The van der Waals surface area contributed by atoms with Crippen LogP contribution in [-0.2, 0) is 9.53 Å². The molecule has 1 atom stereocenters. The summed E-state index contributed by atoms with van der Waals surface area (Å²) in [4.78, 5) is 24.1. The lowest BCUT2D eigenvalue weighted by molar-refractivity contribution is -0.139. The second-order valence-electron chi connectivity index (χ2n) is 4.84. The van der Waals surface area contributed by atoms with Crippen molar-refractivity contribution in [2.24, 2.45) is 0 Å². The van der Waals surface area contributed by atoms with Gasteiger partial charge in [-0.2, -0.15) is 0 Å². The van der Waals surface area contributed by atoms with Gasteiger partial charge < -0.3 is 25.2 Å². The minimum Gasteiger partial charge on any atom is -0.504 e. The van der Waals surface area contributed by atoms with Gasteiger partial charge in [0.15, 0.2) is 11.5 Å². The molecule has 2 rings (SSSR count). The third-order valence-electron chi connectivity index (χ3n) is 3.36. The van der Waals surface area contributed by atoms with Crippen LogP contribution in [0.5, 0.6) is 11.5 Å². The van der Waals surface area contributed by atoms with Crippen LogP contribution in [0.15, 0.2) is 27.9 Å². The van der Waals surface area contributed by atoms with Gasteiger partial charge in [-0.25, -0.2) is 9.59 Å². The van der Waals surface area contributed by atoms with E-state index in [1.165, 1.54) is 7.11 Å². The molecule has 1 heterocycles. The zero-order valence-electron chi connectivity index (χ0n) is 12.9. The van der Waals surface area contributed by atoms with E-state index in [1.807, 2.05) is 0 Å². The van der Waals surface area contributed by atoms with Crippen molar-refractivity contribution in [3.8, 4) is 11.5 Å². The fourth-order valence-corrected chi connectivity index (χ4v) is 2.83. The van der Waals surface area contributed by atoms with Gasteiger partial charge in [0.1, 0.15) is 0 Å². The summed E-state index contributed by atoms with van der Waals surface area (Å²) in [6.07, 6.45) is 0. The molecule has 0 bridgehead atoms. The Balaban J connectivity index is 2.59. The number of hydrogen-bond donors (Lipinski definition) is 3. The van der Waals surface area contributed by atoms with Crippen LogP contribution in [-0.4, -0.2) is 30.8 Å². The highest BCUT2D eigenvalue weighted by Gasteiger charge is 2.34. The van der Waals surface area contributed by atoms with Crippen molar-refractivity contribution >= 4 is 27.9 Å². The highest BCUT2D eigenvalue weighted by Crippen LogP contribution is 2.40.